The molecule has 1 aromatic heterocycles. The van der Waals surface area contributed by atoms with E-state index in [1.54, 1.807) is 13.3 Å². The predicted molar refractivity (Wildman–Crippen MR) is 136 cm³/mol. The predicted octanol–water partition coefficient (Wildman–Crippen LogP) is 8.12. The number of hydrogen-bond acceptors (Lipinski definition) is 3. The van der Waals surface area contributed by atoms with Crippen molar-refractivity contribution in [1.29, 1.82) is 0 Å². The van der Waals surface area contributed by atoms with Crippen molar-refractivity contribution in [3.05, 3.63) is 88.0 Å². The number of nitrogens with zero attached hydrogens (tertiary/aromatic N) is 2. The molecule has 6 heteroatoms. The van der Waals surface area contributed by atoms with Crippen LogP contribution in [0.3, 0.4) is 0 Å². The van der Waals surface area contributed by atoms with Crippen molar-refractivity contribution in [2.24, 2.45) is 0 Å². The van der Waals surface area contributed by atoms with Gasteiger partial charge >= 0.3 is 0 Å². The minimum Gasteiger partial charge on any atom is -0.481 e. The number of rotatable bonds is 5. The van der Waals surface area contributed by atoms with E-state index in [1.807, 2.05) is 56.6 Å². The smallest absolute Gasteiger partial charge is 0.221 e. The average Bonchev–Trinajstić information content (AvgIpc) is 2.80. The zero-order valence-corrected chi connectivity index (χ0v) is 20.1. The van der Waals surface area contributed by atoms with E-state index < -0.39 is 0 Å². The lowest BCUT2D eigenvalue weighted by atomic mass is 9.93. The highest BCUT2D eigenvalue weighted by Gasteiger charge is 2.17. The standard InChI is InChI=1S/C26H21Cl3N2O/c1-31(2)20-9-10-21(22(14-20)17-6-11-24(28)25(29)13-17)23-12-18(15-30-26(23)32-3)16-4-7-19(27)8-5-16/h4-15H,1-3H3. The molecule has 162 valence electrons. The van der Waals surface area contributed by atoms with Gasteiger partial charge in [-0.15, -0.1) is 0 Å². The zero-order chi connectivity index (χ0) is 22.8. The Bertz CT molecular complexity index is 1270. The Balaban J connectivity index is 1.94. The van der Waals surface area contributed by atoms with Crippen molar-refractivity contribution in [3.63, 3.8) is 0 Å². The minimum atomic E-state index is 0.505. The van der Waals surface area contributed by atoms with Crippen LogP contribution >= 0.6 is 34.8 Å². The Hall–Kier alpha value is -2.72. The Labute approximate surface area is 203 Å². The van der Waals surface area contributed by atoms with Gasteiger partial charge in [-0.25, -0.2) is 4.98 Å². The van der Waals surface area contributed by atoms with E-state index >= 15 is 0 Å². The topological polar surface area (TPSA) is 25.4 Å². The summed E-state index contributed by atoms with van der Waals surface area (Å²) in [4.78, 5) is 6.64. The van der Waals surface area contributed by atoms with Crippen LogP contribution in [0.4, 0.5) is 5.69 Å². The first-order chi connectivity index (χ1) is 15.4. The van der Waals surface area contributed by atoms with Gasteiger partial charge in [-0.3, -0.25) is 0 Å². The number of aromatic nitrogens is 1. The van der Waals surface area contributed by atoms with E-state index in [4.69, 9.17) is 39.5 Å². The normalized spacial score (nSPS) is 10.8. The van der Waals surface area contributed by atoms with Gasteiger partial charge in [0.2, 0.25) is 5.88 Å². The highest BCUT2D eigenvalue weighted by molar-refractivity contribution is 6.42. The first-order valence-corrected chi connectivity index (χ1v) is 11.1. The summed E-state index contributed by atoms with van der Waals surface area (Å²) in [5, 5.41) is 1.71. The molecule has 32 heavy (non-hydrogen) atoms. The van der Waals surface area contributed by atoms with Crippen molar-refractivity contribution in [3.8, 4) is 39.3 Å². The molecule has 4 aromatic rings. The molecule has 0 N–H and O–H groups in total. The molecule has 0 fully saturated rings. The summed E-state index contributed by atoms with van der Waals surface area (Å²) in [5.41, 5.74) is 6.87. The number of pyridine rings is 1. The molecule has 0 bridgehead atoms. The second-order valence-electron chi connectivity index (χ2n) is 7.54. The molecule has 0 atom stereocenters. The lowest BCUT2D eigenvalue weighted by Crippen LogP contribution is -2.08. The van der Waals surface area contributed by atoms with Crippen molar-refractivity contribution >= 4 is 40.5 Å². The molecule has 4 rings (SSSR count). The van der Waals surface area contributed by atoms with Gasteiger partial charge in [-0.2, -0.15) is 0 Å². The number of hydrogen-bond donors (Lipinski definition) is 0. The molecular weight excluding hydrogens is 463 g/mol. The Morgan fingerprint density at radius 2 is 1.41 bits per heavy atom. The Morgan fingerprint density at radius 3 is 2.06 bits per heavy atom. The lowest BCUT2D eigenvalue weighted by molar-refractivity contribution is 0.400. The van der Waals surface area contributed by atoms with Crippen molar-refractivity contribution < 1.29 is 4.74 Å². The summed E-state index contributed by atoms with van der Waals surface area (Å²) in [5.74, 6) is 0.543. The molecule has 3 aromatic carbocycles. The number of anilines is 1. The van der Waals surface area contributed by atoms with E-state index in [9.17, 15) is 0 Å². The van der Waals surface area contributed by atoms with Crippen LogP contribution in [0.5, 0.6) is 5.88 Å². The van der Waals surface area contributed by atoms with Crippen molar-refractivity contribution in [1.82, 2.24) is 4.98 Å². The summed E-state index contributed by atoms with van der Waals surface area (Å²) in [7, 11) is 5.65. The number of halogens is 3. The van der Waals surface area contributed by atoms with E-state index in [0.29, 0.717) is 20.9 Å². The molecule has 0 aliphatic rings. The van der Waals surface area contributed by atoms with Gasteiger partial charge in [0.1, 0.15) is 0 Å². The third-order valence-corrected chi connectivity index (χ3v) is 6.25. The molecule has 3 nitrogen and oxygen atoms in total. The van der Waals surface area contributed by atoms with E-state index in [1.165, 1.54) is 0 Å². The lowest BCUT2D eigenvalue weighted by Gasteiger charge is -2.19. The zero-order valence-electron chi connectivity index (χ0n) is 17.9. The van der Waals surface area contributed by atoms with Crippen LogP contribution in [-0.4, -0.2) is 26.2 Å². The number of benzene rings is 3. The molecular formula is C26H21Cl3N2O. The Kier molecular flexibility index (Phi) is 6.61. The summed E-state index contributed by atoms with van der Waals surface area (Å²) in [6, 6.07) is 21.7. The SMILES string of the molecule is COc1ncc(-c2ccc(Cl)cc2)cc1-c1ccc(N(C)C)cc1-c1ccc(Cl)c(Cl)c1. The van der Waals surface area contributed by atoms with Crippen LogP contribution in [0.1, 0.15) is 0 Å². The van der Waals surface area contributed by atoms with Gasteiger partial charge in [0.25, 0.3) is 0 Å². The van der Waals surface area contributed by atoms with Crippen molar-refractivity contribution in [2.75, 3.05) is 26.1 Å². The summed E-state index contributed by atoms with van der Waals surface area (Å²) in [6.07, 6.45) is 1.80. The second kappa shape index (κ2) is 9.41. The third kappa shape index (κ3) is 4.56. The van der Waals surface area contributed by atoms with Crippen LogP contribution in [0, 0.1) is 0 Å². The number of ether oxygens (including phenoxy) is 1. The molecule has 0 unspecified atom stereocenters. The summed E-state index contributed by atoms with van der Waals surface area (Å²) >= 11 is 18.6. The van der Waals surface area contributed by atoms with Gasteiger partial charge in [0.15, 0.2) is 0 Å². The molecule has 0 saturated heterocycles. The second-order valence-corrected chi connectivity index (χ2v) is 8.79. The maximum Gasteiger partial charge on any atom is 0.221 e. The molecule has 0 aliphatic heterocycles. The van der Waals surface area contributed by atoms with Crippen LogP contribution in [0.15, 0.2) is 72.9 Å². The van der Waals surface area contributed by atoms with E-state index in [2.05, 4.69) is 34.1 Å². The van der Waals surface area contributed by atoms with Gasteiger partial charge in [-0.1, -0.05) is 59.1 Å². The maximum atomic E-state index is 6.35. The van der Waals surface area contributed by atoms with Gasteiger partial charge in [0.05, 0.1) is 17.2 Å². The molecule has 0 saturated carbocycles. The molecule has 1 heterocycles. The monoisotopic (exact) mass is 482 g/mol. The average molecular weight is 484 g/mol. The fourth-order valence-electron chi connectivity index (χ4n) is 3.56. The van der Waals surface area contributed by atoms with Crippen LogP contribution in [-0.2, 0) is 0 Å². The largest absolute Gasteiger partial charge is 0.481 e. The van der Waals surface area contributed by atoms with Gasteiger partial charge in [-0.05, 0) is 64.7 Å². The molecule has 0 spiro atoms. The molecule has 0 amide bonds. The summed E-state index contributed by atoms with van der Waals surface area (Å²) < 4.78 is 5.63. The van der Waals surface area contributed by atoms with E-state index in [-0.39, 0.29) is 0 Å². The minimum absolute atomic E-state index is 0.505. The van der Waals surface area contributed by atoms with Gasteiger partial charge < -0.3 is 9.64 Å². The van der Waals surface area contributed by atoms with E-state index in [0.717, 1.165) is 39.1 Å². The highest BCUT2D eigenvalue weighted by atomic mass is 35.5. The van der Waals surface area contributed by atoms with Crippen LogP contribution in [0.2, 0.25) is 15.1 Å². The fraction of sp³-hybridized carbons (Fsp3) is 0.115. The van der Waals surface area contributed by atoms with Crippen molar-refractivity contribution in [2.45, 2.75) is 0 Å². The fourth-order valence-corrected chi connectivity index (χ4v) is 3.98. The molecule has 0 radical (unpaired) electrons. The quantitative estimate of drug-likeness (QED) is 0.286. The summed E-state index contributed by atoms with van der Waals surface area (Å²) in [6.45, 7) is 0. The first-order valence-electron chi connectivity index (χ1n) is 9.94. The first kappa shape index (κ1) is 22.5. The third-order valence-electron chi connectivity index (χ3n) is 5.26. The number of methoxy groups -OCH3 is 1. The highest BCUT2D eigenvalue weighted by Crippen LogP contribution is 2.41. The molecule has 0 aliphatic carbocycles. The van der Waals surface area contributed by atoms with Crippen LogP contribution < -0.4 is 9.64 Å². The maximum absolute atomic E-state index is 6.35. The van der Waals surface area contributed by atoms with Crippen LogP contribution in [0.25, 0.3) is 33.4 Å². The van der Waals surface area contributed by atoms with Gasteiger partial charge in [0, 0.05) is 42.1 Å². The Morgan fingerprint density at radius 1 is 0.688 bits per heavy atom.